The first-order valence-corrected chi connectivity index (χ1v) is 9.87. The molecule has 1 amide bonds. The smallest absolute Gasteiger partial charge is 0.260 e. The van der Waals surface area contributed by atoms with Crippen molar-refractivity contribution in [1.29, 1.82) is 0 Å². The molecule has 0 bridgehead atoms. The number of nitrogens with zero attached hydrogens (tertiary/aromatic N) is 2. The summed E-state index contributed by atoms with van der Waals surface area (Å²) >= 11 is 0. The maximum absolute atomic E-state index is 13.2. The van der Waals surface area contributed by atoms with E-state index >= 15 is 0 Å². The third kappa shape index (κ3) is 4.31. The molecule has 0 unspecified atom stereocenters. The fraction of sp³-hybridized carbons (Fsp3) is 0.304. The number of hydrogen-bond donors (Lipinski definition) is 0. The molecule has 0 spiro atoms. The number of aryl methyl sites for hydroxylation is 1. The Hall–Kier alpha value is -3.15. The minimum atomic E-state index is -0.307. The van der Waals surface area contributed by atoms with Crippen molar-refractivity contribution in [2.24, 2.45) is 0 Å². The van der Waals surface area contributed by atoms with E-state index in [2.05, 4.69) is 12.1 Å². The lowest BCUT2D eigenvalue weighted by atomic mass is 10.0. The SMILES string of the molecule is CCCc1ccc(OCC(=O)N2CCc3noc(-c4ccc(F)cc4)c3C2)cc1. The van der Waals surface area contributed by atoms with E-state index in [0.717, 1.165) is 29.7 Å². The number of amides is 1. The quantitative estimate of drug-likeness (QED) is 0.622. The van der Waals surface area contributed by atoms with Crippen molar-refractivity contribution < 1.29 is 18.4 Å². The molecule has 0 saturated carbocycles. The van der Waals surface area contributed by atoms with Crippen molar-refractivity contribution >= 4 is 5.91 Å². The van der Waals surface area contributed by atoms with E-state index in [0.29, 0.717) is 31.0 Å². The van der Waals surface area contributed by atoms with E-state index in [9.17, 15) is 9.18 Å². The second-order valence-corrected chi connectivity index (χ2v) is 7.19. The molecule has 1 aliphatic heterocycles. The molecule has 0 fully saturated rings. The third-order valence-corrected chi connectivity index (χ3v) is 5.12. The molecular weight excluding hydrogens is 371 g/mol. The van der Waals surface area contributed by atoms with Crippen LogP contribution in [0.2, 0.25) is 0 Å². The molecule has 0 saturated heterocycles. The lowest BCUT2D eigenvalue weighted by Crippen LogP contribution is -2.38. The molecule has 150 valence electrons. The second-order valence-electron chi connectivity index (χ2n) is 7.19. The Balaban J connectivity index is 1.40. The molecule has 1 aromatic heterocycles. The first-order chi connectivity index (χ1) is 14.1. The Morgan fingerprint density at radius 2 is 1.93 bits per heavy atom. The van der Waals surface area contributed by atoms with Crippen LogP contribution in [0.25, 0.3) is 11.3 Å². The van der Waals surface area contributed by atoms with Gasteiger partial charge in [0, 0.05) is 24.1 Å². The van der Waals surface area contributed by atoms with Gasteiger partial charge in [-0.1, -0.05) is 30.6 Å². The number of carbonyl (C=O) groups excluding carboxylic acids is 1. The van der Waals surface area contributed by atoms with Crippen LogP contribution in [0.1, 0.15) is 30.2 Å². The van der Waals surface area contributed by atoms with E-state index in [1.807, 2.05) is 24.3 Å². The predicted octanol–water partition coefficient (Wildman–Crippen LogP) is 4.40. The van der Waals surface area contributed by atoms with Gasteiger partial charge in [0.05, 0.1) is 12.2 Å². The van der Waals surface area contributed by atoms with Gasteiger partial charge in [-0.25, -0.2) is 4.39 Å². The van der Waals surface area contributed by atoms with Gasteiger partial charge in [-0.3, -0.25) is 4.79 Å². The second kappa shape index (κ2) is 8.47. The summed E-state index contributed by atoms with van der Waals surface area (Å²) in [5, 5.41) is 4.13. The summed E-state index contributed by atoms with van der Waals surface area (Å²) in [6.45, 7) is 3.10. The zero-order valence-electron chi connectivity index (χ0n) is 16.4. The summed E-state index contributed by atoms with van der Waals surface area (Å²) in [6.07, 6.45) is 2.75. The van der Waals surface area contributed by atoms with E-state index in [1.54, 1.807) is 17.0 Å². The number of ether oxygens (including phenoxy) is 1. The maximum Gasteiger partial charge on any atom is 0.260 e. The highest BCUT2D eigenvalue weighted by Gasteiger charge is 2.27. The van der Waals surface area contributed by atoms with Gasteiger partial charge < -0.3 is 14.2 Å². The zero-order valence-corrected chi connectivity index (χ0v) is 16.4. The number of hydrogen-bond acceptors (Lipinski definition) is 4. The number of benzene rings is 2. The van der Waals surface area contributed by atoms with Gasteiger partial charge in [0.15, 0.2) is 12.4 Å². The van der Waals surface area contributed by atoms with Crippen LogP contribution < -0.4 is 4.74 Å². The minimum absolute atomic E-state index is 0.0143. The molecule has 0 N–H and O–H groups in total. The minimum Gasteiger partial charge on any atom is -0.484 e. The summed E-state index contributed by atoms with van der Waals surface area (Å²) in [5.41, 5.74) is 3.73. The third-order valence-electron chi connectivity index (χ3n) is 5.12. The van der Waals surface area contributed by atoms with Crippen LogP contribution in [-0.2, 0) is 24.2 Å². The standard InChI is InChI=1S/C23H23FN2O3/c1-2-3-16-4-10-19(11-5-16)28-15-22(27)26-13-12-21-20(14-26)23(29-25-21)17-6-8-18(24)9-7-17/h4-11H,2-3,12-15H2,1H3. The van der Waals surface area contributed by atoms with E-state index < -0.39 is 0 Å². The number of carbonyl (C=O) groups is 1. The van der Waals surface area contributed by atoms with Gasteiger partial charge in [-0.2, -0.15) is 0 Å². The van der Waals surface area contributed by atoms with Crippen molar-refractivity contribution in [1.82, 2.24) is 10.1 Å². The summed E-state index contributed by atoms with van der Waals surface area (Å²) in [6, 6.07) is 13.9. The Kier molecular flexibility index (Phi) is 5.60. The van der Waals surface area contributed by atoms with Crippen LogP contribution >= 0.6 is 0 Å². The van der Waals surface area contributed by atoms with Crippen LogP contribution in [0.3, 0.4) is 0 Å². The monoisotopic (exact) mass is 394 g/mol. The van der Waals surface area contributed by atoms with Gasteiger partial charge in [-0.15, -0.1) is 0 Å². The Labute approximate surface area is 169 Å². The van der Waals surface area contributed by atoms with Crippen LogP contribution in [0.5, 0.6) is 5.75 Å². The van der Waals surface area contributed by atoms with E-state index in [-0.39, 0.29) is 18.3 Å². The fourth-order valence-corrected chi connectivity index (χ4v) is 3.53. The predicted molar refractivity (Wildman–Crippen MR) is 107 cm³/mol. The van der Waals surface area contributed by atoms with Gasteiger partial charge in [0.1, 0.15) is 11.6 Å². The molecule has 2 aromatic carbocycles. The zero-order chi connectivity index (χ0) is 20.2. The number of aromatic nitrogens is 1. The fourth-order valence-electron chi connectivity index (χ4n) is 3.53. The van der Waals surface area contributed by atoms with Crippen molar-refractivity contribution in [3.05, 3.63) is 71.2 Å². The lowest BCUT2D eigenvalue weighted by molar-refractivity contribution is -0.134. The van der Waals surface area contributed by atoms with Gasteiger partial charge in [-0.05, 0) is 48.4 Å². The van der Waals surface area contributed by atoms with E-state index in [1.165, 1.54) is 17.7 Å². The number of fused-ring (bicyclic) bond motifs is 1. The van der Waals surface area contributed by atoms with Crippen molar-refractivity contribution in [3.63, 3.8) is 0 Å². The largest absolute Gasteiger partial charge is 0.484 e. The van der Waals surface area contributed by atoms with Crippen molar-refractivity contribution in [2.75, 3.05) is 13.2 Å². The molecule has 3 aromatic rings. The summed E-state index contributed by atoms with van der Waals surface area (Å²) in [4.78, 5) is 14.4. The summed E-state index contributed by atoms with van der Waals surface area (Å²) in [7, 11) is 0. The Morgan fingerprint density at radius 3 is 2.66 bits per heavy atom. The van der Waals surface area contributed by atoms with Crippen molar-refractivity contribution in [2.45, 2.75) is 32.7 Å². The molecule has 1 aliphatic rings. The highest BCUT2D eigenvalue weighted by molar-refractivity contribution is 5.78. The lowest BCUT2D eigenvalue weighted by Gasteiger charge is -2.26. The summed E-state index contributed by atoms with van der Waals surface area (Å²) < 4.78 is 24.4. The molecule has 6 heteroatoms. The van der Waals surface area contributed by atoms with Crippen molar-refractivity contribution in [3.8, 4) is 17.1 Å². The molecule has 0 atom stereocenters. The van der Waals surface area contributed by atoms with Crippen LogP contribution in [-0.4, -0.2) is 29.1 Å². The summed E-state index contributed by atoms with van der Waals surface area (Å²) in [5.74, 6) is 0.885. The average Bonchev–Trinajstić information content (AvgIpc) is 3.17. The Morgan fingerprint density at radius 1 is 1.17 bits per heavy atom. The van der Waals surface area contributed by atoms with Gasteiger partial charge in [0.2, 0.25) is 0 Å². The van der Waals surface area contributed by atoms with Gasteiger partial charge in [0.25, 0.3) is 5.91 Å². The average molecular weight is 394 g/mol. The molecular formula is C23H23FN2O3. The molecule has 2 heterocycles. The topological polar surface area (TPSA) is 55.6 Å². The molecule has 0 radical (unpaired) electrons. The first-order valence-electron chi connectivity index (χ1n) is 9.87. The van der Waals surface area contributed by atoms with Crippen LogP contribution in [0.15, 0.2) is 53.1 Å². The molecule has 0 aliphatic carbocycles. The van der Waals surface area contributed by atoms with Crippen LogP contribution in [0, 0.1) is 5.82 Å². The highest BCUT2D eigenvalue weighted by Crippen LogP contribution is 2.30. The van der Waals surface area contributed by atoms with E-state index in [4.69, 9.17) is 9.26 Å². The first kappa shape index (κ1) is 19.2. The number of rotatable bonds is 6. The van der Waals surface area contributed by atoms with Crippen LogP contribution in [0.4, 0.5) is 4.39 Å². The van der Waals surface area contributed by atoms with Gasteiger partial charge >= 0.3 is 0 Å². The number of halogens is 1. The Bertz CT molecular complexity index is 980. The maximum atomic E-state index is 13.2. The normalized spacial score (nSPS) is 13.2. The molecule has 4 rings (SSSR count). The highest BCUT2D eigenvalue weighted by atomic mass is 19.1. The molecule has 5 nitrogen and oxygen atoms in total. The molecule has 29 heavy (non-hydrogen) atoms.